The van der Waals surface area contributed by atoms with Crippen LogP contribution in [0.15, 0.2) is 60.9 Å². The molecule has 2 aromatic carbocycles. The van der Waals surface area contributed by atoms with Crippen molar-refractivity contribution in [1.82, 2.24) is 4.98 Å². The molecule has 28 heavy (non-hydrogen) atoms. The van der Waals surface area contributed by atoms with Crippen LogP contribution >= 0.6 is 0 Å². The van der Waals surface area contributed by atoms with Crippen molar-refractivity contribution in [1.29, 1.82) is 0 Å². The molecule has 0 radical (unpaired) electrons. The molecule has 7 heteroatoms. The summed E-state index contributed by atoms with van der Waals surface area (Å²) in [6, 6.07) is 11.7. The Balaban J connectivity index is 1.69. The zero-order valence-electron chi connectivity index (χ0n) is 15.4. The van der Waals surface area contributed by atoms with Gasteiger partial charge in [0.25, 0.3) is 5.91 Å². The topological polar surface area (TPSA) is 63.2 Å². The highest BCUT2D eigenvalue weighted by Gasteiger charge is 2.10. The van der Waals surface area contributed by atoms with Gasteiger partial charge in [0.2, 0.25) is 0 Å². The highest BCUT2D eigenvalue weighted by atomic mass is 19.1. The van der Waals surface area contributed by atoms with Crippen LogP contribution in [0, 0.1) is 11.6 Å². The molecule has 0 fully saturated rings. The number of amides is 1. The number of benzene rings is 2. The van der Waals surface area contributed by atoms with Crippen molar-refractivity contribution in [2.75, 3.05) is 10.6 Å². The number of carbonyl (C=O) groups excluding carboxylic acids is 1. The molecular weight excluding hydrogens is 364 g/mol. The van der Waals surface area contributed by atoms with Crippen LogP contribution in [0.4, 0.5) is 25.8 Å². The Bertz CT molecular complexity index is 976. The van der Waals surface area contributed by atoms with Crippen LogP contribution in [0.2, 0.25) is 0 Å². The zero-order valence-corrected chi connectivity index (χ0v) is 15.4. The fourth-order valence-electron chi connectivity index (χ4n) is 2.47. The van der Waals surface area contributed by atoms with E-state index in [9.17, 15) is 13.6 Å². The van der Waals surface area contributed by atoms with Gasteiger partial charge in [-0.2, -0.15) is 0 Å². The normalized spacial score (nSPS) is 10.6. The van der Waals surface area contributed by atoms with Gasteiger partial charge in [-0.05, 0) is 56.3 Å². The molecule has 3 aromatic rings. The van der Waals surface area contributed by atoms with E-state index >= 15 is 0 Å². The first kappa shape index (κ1) is 19.3. The predicted octanol–water partition coefficient (Wildman–Crippen LogP) is 5.14. The van der Waals surface area contributed by atoms with E-state index in [-0.39, 0.29) is 23.3 Å². The van der Waals surface area contributed by atoms with E-state index in [1.165, 1.54) is 24.5 Å². The maximum Gasteiger partial charge on any atom is 0.257 e. The van der Waals surface area contributed by atoms with Crippen molar-refractivity contribution in [2.45, 2.75) is 20.0 Å². The van der Waals surface area contributed by atoms with Gasteiger partial charge in [-0.1, -0.05) is 0 Å². The van der Waals surface area contributed by atoms with Crippen molar-refractivity contribution in [3.8, 4) is 5.75 Å². The lowest BCUT2D eigenvalue weighted by atomic mass is 10.2. The summed E-state index contributed by atoms with van der Waals surface area (Å²) in [5.41, 5.74) is 1.37. The number of ether oxygens (including phenoxy) is 1. The standard InChI is InChI=1S/C21H19F2N3O2/c1-13(2)28-18-6-4-16(5-7-18)26-21(27)14-9-17(12-24-11-14)25-20-8-3-15(22)10-19(20)23/h3-13,25H,1-2H3,(H,26,27). The maximum absolute atomic E-state index is 13.8. The van der Waals surface area contributed by atoms with Gasteiger partial charge in [0, 0.05) is 18.0 Å². The molecule has 0 atom stereocenters. The lowest BCUT2D eigenvalue weighted by molar-refractivity contribution is 0.102. The lowest BCUT2D eigenvalue weighted by Gasteiger charge is -2.11. The number of nitrogens with zero attached hydrogens (tertiary/aromatic N) is 1. The van der Waals surface area contributed by atoms with Crippen LogP contribution < -0.4 is 15.4 Å². The van der Waals surface area contributed by atoms with Crippen LogP contribution in [0.3, 0.4) is 0 Å². The number of rotatable bonds is 6. The van der Waals surface area contributed by atoms with E-state index in [1.807, 2.05) is 13.8 Å². The molecule has 0 aliphatic heterocycles. The van der Waals surface area contributed by atoms with Crippen molar-refractivity contribution in [2.24, 2.45) is 0 Å². The fraction of sp³-hybridized carbons (Fsp3) is 0.143. The molecule has 0 unspecified atom stereocenters. The summed E-state index contributed by atoms with van der Waals surface area (Å²) in [4.78, 5) is 16.5. The first-order chi connectivity index (χ1) is 13.4. The van der Waals surface area contributed by atoms with Gasteiger partial charge in [0.15, 0.2) is 0 Å². The summed E-state index contributed by atoms with van der Waals surface area (Å²) in [7, 11) is 0. The second-order valence-corrected chi connectivity index (χ2v) is 6.36. The van der Waals surface area contributed by atoms with Crippen molar-refractivity contribution < 1.29 is 18.3 Å². The number of aromatic nitrogens is 1. The zero-order chi connectivity index (χ0) is 20.1. The first-order valence-corrected chi connectivity index (χ1v) is 8.66. The minimum atomic E-state index is -0.737. The van der Waals surface area contributed by atoms with Crippen LogP contribution in [0.1, 0.15) is 24.2 Å². The Labute approximate surface area is 161 Å². The van der Waals surface area contributed by atoms with E-state index in [4.69, 9.17) is 4.74 Å². The van der Waals surface area contributed by atoms with Gasteiger partial charge in [-0.3, -0.25) is 9.78 Å². The van der Waals surface area contributed by atoms with E-state index in [0.717, 1.165) is 12.1 Å². The summed E-state index contributed by atoms with van der Waals surface area (Å²) in [6.45, 7) is 3.86. The third-order valence-electron chi connectivity index (χ3n) is 3.69. The van der Waals surface area contributed by atoms with Crippen LogP contribution in [0.25, 0.3) is 0 Å². The highest BCUT2D eigenvalue weighted by Crippen LogP contribution is 2.22. The van der Waals surface area contributed by atoms with E-state index in [1.54, 1.807) is 24.3 Å². The van der Waals surface area contributed by atoms with Gasteiger partial charge in [0.05, 0.1) is 29.2 Å². The Morgan fingerprint density at radius 2 is 1.75 bits per heavy atom. The molecule has 144 valence electrons. The Hall–Kier alpha value is -3.48. The van der Waals surface area contributed by atoms with Gasteiger partial charge in [0.1, 0.15) is 17.4 Å². The number of pyridine rings is 1. The average molecular weight is 383 g/mol. The molecule has 0 aliphatic carbocycles. The first-order valence-electron chi connectivity index (χ1n) is 8.66. The lowest BCUT2D eigenvalue weighted by Crippen LogP contribution is -2.12. The maximum atomic E-state index is 13.8. The fourth-order valence-corrected chi connectivity index (χ4v) is 2.47. The monoisotopic (exact) mass is 383 g/mol. The van der Waals surface area contributed by atoms with Crippen LogP contribution in [0.5, 0.6) is 5.75 Å². The Kier molecular flexibility index (Phi) is 5.84. The number of hydrogen-bond acceptors (Lipinski definition) is 4. The van der Waals surface area contributed by atoms with Crippen molar-refractivity contribution in [3.05, 3.63) is 78.1 Å². The summed E-state index contributed by atoms with van der Waals surface area (Å²) < 4.78 is 32.4. The summed E-state index contributed by atoms with van der Waals surface area (Å²) in [5.74, 6) is -1.06. The minimum absolute atomic E-state index is 0.0627. The number of hydrogen-bond donors (Lipinski definition) is 2. The SMILES string of the molecule is CC(C)Oc1ccc(NC(=O)c2cncc(Nc3ccc(F)cc3F)c2)cc1. The van der Waals surface area contributed by atoms with E-state index in [0.29, 0.717) is 17.1 Å². The number of anilines is 3. The molecule has 1 heterocycles. The molecule has 0 aliphatic rings. The van der Waals surface area contributed by atoms with Gasteiger partial charge < -0.3 is 15.4 Å². The molecule has 0 saturated heterocycles. The highest BCUT2D eigenvalue weighted by molar-refractivity contribution is 6.04. The molecule has 1 aromatic heterocycles. The molecular formula is C21H19F2N3O2. The predicted molar refractivity (Wildman–Crippen MR) is 104 cm³/mol. The molecule has 0 saturated carbocycles. The minimum Gasteiger partial charge on any atom is -0.491 e. The Morgan fingerprint density at radius 1 is 1.00 bits per heavy atom. The van der Waals surface area contributed by atoms with Gasteiger partial charge >= 0.3 is 0 Å². The molecule has 5 nitrogen and oxygen atoms in total. The van der Waals surface area contributed by atoms with Crippen LogP contribution in [-0.2, 0) is 0 Å². The smallest absolute Gasteiger partial charge is 0.257 e. The summed E-state index contributed by atoms with van der Waals surface area (Å²) >= 11 is 0. The quantitative estimate of drug-likeness (QED) is 0.618. The third kappa shape index (κ3) is 5.03. The number of carbonyl (C=O) groups is 1. The van der Waals surface area contributed by atoms with Gasteiger partial charge in [-0.15, -0.1) is 0 Å². The molecule has 0 bridgehead atoms. The van der Waals surface area contributed by atoms with E-state index < -0.39 is 11.6 Å². The average Bonchev–Trinajstić information content (AvgIpc) is 2.65. The molecule has 2 N–H and O–H groups in total. The van der Waals surface area contributed by atoms with E-state index in [2.05, 4.69) is 15.6 Å². The van der Waals surface area contributed by atoms with Crippen LogP contribution in [-0.4, -0.2) is 17.0 Å². The summed E-state index contributed by atoms with van der Waals surface area (Å²) in [5, 5.41) is 5.55. The van der Waals surface area contributed by atoms with Gasteiger partial charge in [-0.25, -0.2) is 8.78 Å². The number of halogens is 2. The second-order valence-electron chi connectivity index (χ2n) is 6.36. The molecule has 1 amide bonds. The largest absolute Gasteiger partial charge is 0.491 e. The summed E-state index contributed by atoms with van der Waals surface area (Å²) in [6.07, 6.45) is 2.91. The Morgan fingerprint density at radius 3 is 2.43 bits per heavy atom. The van der Waals surface area contributed by atoms with Crippen molar-refractivity contribution in [3.63, 3.8) is 0 Å². The third-order valence-corrected chi connectivity index (χ3v) is 3.69. The molecule has 0 spiro atoms. The second kappa shape index (κ2) is 8.47. The number of nitrogens with one attached hydrogen (secondary N) is 2. The molecule has 3 rings (SSSR count). The van der Waals surface area contributed by atoms with Crippen molar-refractivity contribution >= 4 is 23.0 Å².